The third-order valence-corrected chi connectivity index (χ3v) is 4.15. The van der Waals surface area contributed by atoms with Crippen molar-refractivity contribution in [3.63, 3.8) is 0 Å². The van der Waals surface area contributed by atoms with Gasteiger partial charge in [-0.3, -0.25) is 4.79 Å². The number of aromatic hydroxyl groups is 1. The third kappa shape index (κ3) is 3.67. The predicted molar refractivity (Wildman–Crippen MR) is 95.3 cm³/mol. The van der Waals surface area contributed by atoms with Crippen molar-refractivity contribution in [2.45, 2.75) is 18.5 Å². The lowest BCUT2D eigenvalue weighted by Crippen LogP contribution is -2.52. The van der Waals surface area contributed by atoms with Crippen LogP contribution in [0.1, 0.15) is 16.8 Å². The van der Waals surface area contributed by atoms with Gasteiger partial charge >= 0.3 is 0 Å². The molecule has 0 aliphatic carbocycles. The van der Waals surface area contributed by atoms with Crippen LogP contribution in [0, 0.1) is 0 Å². The van der Waals surface area contributed by atoms with Crippen LogP contribution in [0.2, 0.25) is 0 Å². The molecule has 2 aromatic rings. The number of carbonyl (C=O) groups is 1. The first-order valence-electron chi connectivity index (χ1n) is 7.98. The van der Waals surface area contributed by atoms with Crippen LogP contribution >= 0.6 is 0 Å². The molecular formula is C18H22N4O2. The summed E-state index contributed by atoms with van der Waals surface area (Å²) < 4.78 is 0. The van der Waals surface area contributed by atoms with Crippen LogP contribution < -0.4 is 21.7 Å². The molecule has 2 atom stereocenters. The van der Waals surface area contributed by atoms with Crippen LogP contribution in [0.15, 0.2) is 48.5 Å². The van der Waals surface area contributed by atoms with Crippen molar-refractivity contribution in [1.82, 2.24) is 0 Å². The van der Waals surface area contributed by atoms with Crippen LogP contribution in [-0.2, 0) is 0 Å². The van der Waals surface area contributed by atoms with Gasteiger partial charge in [0.05, 0.1) is 5.69 Å². The molecule has 2 aromatic carbocycles. The van der Waals surface area contributed by atoms with E-state index in [1.165, 1.54) is 0 Å². The van der Waals surface area contributed by atoms with Crippen molar-refractivity contribution >= 4 is 17.3 Å². The maximum absolute atomic E-state index is 12.2. The molecule has 2 unspecified atom stereocenters. The van der Waals surface area contributed by atoms with Gasteiger partial charge in [0, 0.05) is 42.5 Å². The minimum absolute atomic E-state index is 0.0181. The molecule has 0 spiro atoms. The number of anilines is 2. The zero-order valence-corrected chi connectivity index (χ0v) is 13.4. The quantitative estimate of drug-likeness (QED) is 0.640. The molecule has 1 aliphatic heterocycles. The van der Waals surface area contributed by atoms with E-state index in [2.05, 4.69) is 10.2 Å². The Morgan fingerprint density at radius 3 is 2.38 bits per heavy atom. The Kier molecular flexibility index (Phi) is 4.69. The highest BCUT2D eigenvalue weighted by molar-refractivity contribution is 6.05. The number of nitrogens with two attached hydrogens (primary N) is 2. The van der Waals surface area contributed by atoms with Gasteiger partial charge in [-0.1, -0.05) is 18.2 Å². The molecule has 0 aromatic heterocycles. The molecule has 126 valence electrons. The van der Waals surface area contributed by atoms with Gasteiger partial charge in [-0.05, 0) is 30.7 Å². The fraction of sp³-hybridized carbons (Fsp3) is 0.278. The number of amides is 1. The molecule has 1 heterocycles. The Morgan fingerprint density at radius 2 is 1.75 bits per heavy atom. The summed E-state index contributed by atoms with van der Waals surface area (Å²) in [6.45, 7) is 1.39. The Labute approximate surface area is 141 Å². The lowest BCUT2D eigenvalue weighted by Gasteiger charge is -2.36. The summed E-state index contributed by atoms with van der Waals surface area (Å²) in [5.41, 5.74) is 13.8. The van der Waals surface area contributed by atoms with Crippen molar-refractivity contribution in [2.75, 3.05) is 23.3 Å². The normalized spacial score (nSPS) is 20.7. The molecule has 6 heteroatoms. The van der Waals surface area contributed by atoms with Gasteiger partial charge in [0.25, 0.3) is 5.91 Å². The van der Waals surface area contributed by atoms with E-state index in [0.29, 0.717) is 24.3 Å². The summed E-state index contributed by atoms with van der Waals surface area (Å²) in [5, 5.41) is 13.0. The molecule has 1 saturated heterocycles. The Morgan fingerprint density at radius 1 is 1.08 bits per heavy atom. The molecular weight excluding hydrogens is 304 g/mol. The standard InChI is InChI=1S/C18H22N4O2/c19-13-8-14(20)11-22(10-13)15-6-7-16(17(23)9-15)21-18(24)12-4-2-1-3-5-12/h1-7,9,13-14,23H,8,10-11,19-20H2,(H,21,24). The molecule has 3 rings (SSSR count). The van der Waals surface area contributed by atoms with E-state index >= 15 is 0 Å². The van der Waals surface area contributed by atoms with E-state index in [1.54, 1.807) is 36.4 Å². The second-order valence-electron chi connectivity index (χ2n) is 6.18. The van der Waals surface area contributed by atoms with Crippen LogP contribution in [-0.4, -0.2) is 36.2 Å². The smallest absolute Gasteiger partial charge is 0.255 e. The number of benzene rings is 2. The molecule has 0 saturated carbocycles. The second-order valence-corrected chi connectivity index (χ2v) is 6.18. The zero-order valence-electron chi connectivity index (χ0n) is 13.4. The van der Waals surface area contributed by atoms with Gasteiger partial charge < -0.3 is 26.8 Å². The maximum atomic E-state index is 12.2. The summed E-state index contributed by atoms with van der Waals surface area (Å²) in [5.74, 6) is -0.245. The average Bonchev–Trinajstić information content (AvgIpc) is 2.56. The van der Waals surface area contributed by atoms with Crippen molar-refractivity contribution in [2.24, 2.45) is 11.5 Å². The van der Waals surface area contributed by atoms with Gasteiger partial charge in [-0.15, -0.1) is 0 Å². The fourth-order valence-corrected chi connectivity index (χ4v) is 3.00. The number of nitrogens with zero attached hydrogens (tertiary/aromatic N) is 1. The van der Waals surface area contributed by atoms with Gasteiger partial charge in [0.2, 0.25) is 0 Å². The third-order valence-electron chi connectivity index (χ3n) is 4.15. The van der Waals surface area contributed by atoms with E-state index in [4.69, 9.17) is 11.5 Å². The molecule has 1 fully saturated rings. The number of piperidine rings is 1. The highest BCUT2D eigenvalue weighted by atomic mass is 16.3. The summed E-state index contributed by atoms with van der Waals surface area (Å²) in [6, 6.07) is 14.1. The summed E-state index contributed by atoms with van der Waals surface area (Å²) >= 11 is 0. The van der Waals surface area contributed by atoms with Crippen molar-refractivity contribution in [1.29, 1.82) is 0 Å². The monoisotopic (exact) mass is 326 g/mol. The number of nitrogens with one attached hydrogen (secondary N) is 1. The fourth-order valence-electron chi connectivity index (χ4n) is 3.00. The van der Waals surface area contributed by atoms with Crippen LogP contribution in [0.25, 0.3) is 0 Å². The van der Waals surface area contributed by atoms with Gasteiger partial charge in [0.15, 0.2) is 0 Å². The molecule has 24 heavy (non-hydrogen) atoms. The number of hydrogen-bond acceptors (Lipinski definition) is 5. The topological polar surface area (TPSA) is 105 Å². The SMILES string of the molecule is NC1CC(N)CN(c2ccc(NC(=O)c3ccccc3)c(O)c2)C1. The van der Waals surface area contributed by atoms with Gasteiger partial charge in [-0.25, -0.2) is 0 Å². The predicted octanol–water partition coefficient (Wildman–Crippen LogP) is 1.51. The van der Waals surface area contributed by atoms with Crippen LogP contribution in [0.3, 0.4) is 0 Å². The van der Waals surface area contributed by atoms with E-state index in [0.717, 1.165) is 12.1 Å². The van der Waals surface area contributed by atoms with Crippen molar-refractivity contribution in [3.05, 3.63) is 54.1 Å². The highest BCUT2D eigenvalue weighted by Crippen LogP contribution is 2.30. The molecule has 0 radical (unpaired) electrons. The van der Waals surface area contributed by atoms with Crippen LogP contribution in [0.5, 0.6) is 5.75 Å². The lowest BCUT2D eigenvalue weighted by molar-refractivity contribution is 0.102. The molecule has 6 nitrogen and oxygen atoms in total. The second kappa shape index (κ2) is 6.90. The number of rotatable bonds is 3. The molecule has 6 N–H and O–H groups in total. The zero-order chi connectivity index (χ0) is 17.1. The number of carbonyl (C=O) groups excluding carboxylic acids is 1. The summed E-state index contributed by atoms with van der Waals surface area (Å²) in [7, 11) is 0. The first-order valence-corrected chi connectivity index (χ1v) is 7.98. The number of phenols is 1. The first kappa shape index (κ1) is 16.3. The maximum Gasteiger partial charge on any atom is 0.255 e. The Hall–Kier alpha value is -2.57. The van der Waals surface area contributed by atoms with Gasteiger partial charge in [0.1, 0.15) is 5.75 Å². The van der Waals surface area contributed by atoms with E-state index in [1.807, 2.05) is 12.1 Å². The van der Waals surface area contributed by atoms with Crippen molar-refractivity contribution < 1.29 is 9.90 Å². The molecule has 1 aliphatic rings. The number of phenolic OH excluding ortho intramolecular Hbond substituents is 1. The average molecular weight is 326 g/mol. The van der Waals surface area contributed by atoms with Gasteiger partial charge in [-0.2, -0.15) is 0 Å². The minimum Gasteiger partial charge on any atom is -0.506 e. The Balaban J connectivity index is 1.74. The van der Waals surface area contributed by atoms with E-state index < -0.39 is 0 Å². The van der Waals surface area contributed by atoms with E-state index in [-0.39, 0.29) is 23.7 Å². The lowest BCUT2D eigenvalue weighted by atomic mass is 10.0. The highest BCUT2D eigenvalue weighted by Gasteiger charge is 2.23. The number of hydrogen-bond donors (Lipinski definition) is 4. The largest absolute Gasteiger partial charge is 0.506 e. The minimum atomic E-state index is -0.263. The summed E-state index contributed by atoms with van der Waals surface area (Å²) in [6.07, 6.45) is 0.799. The van der Waals surface area contributed by atoms with E-state index in [9.17, 15) is 9.90 Å². The van der Waals surface area contributed by atoms with Crippen molar-refractivity contribution in [3.8, 4) is 5.75 Å². The molecule has 0 bridgehead atoms. The first-order chi connectivity index (χ1) is 11.5. The van der Waals surface area contributed by atoms with Crippen LogP contribution in [0.4, 0.5) is 11.4 Å². The molecule has 1 amide bonds. The summed E-state index contributed by atoms with van der Waals surface area (Å²) in [4.78, 5) is 14.2. The Bertz CT molecular complexity index is 710.